The van der Waals surface area contributed by atoms with E-state index < -0.39 is 13.7 Å². The van der Waals surface area contributed by atoms with Crippen LogP contribution in [0.1, 0.15) is 34.8 Å². The van der Waals surface area contributed by atoms with Gasteiger partial charge in [-0.25, -0.2) is 0 Å². The molecule has 0 aliphatic carbocycles. The van der Waals surface area contributed by atoms with Gasteiger partial charge in [0.1, 0.15) is 5.75 Å². The summed E-state index contributed by atoms with van der Waals surface area (Å²) in [6.07, 6.45) is 0.103. The van der Waals surface area contributed by atoms with Crippen molar-refractivity contribution >= 4 is 48.1 Å². The molecule has 2 heterocycles. The number of halogens is 1. The lowest BCUT2D eigenvalue weighted by Gasteiger charge is -2.37. The first kappa shape index (κ1) is 32.0. The highest BCUT2D eigenvalue weighted by atomic mass is 35.5. The fourth-order valence-corrected chi connectivity index (χ4v) is 11.8. The highest BCUT2D eigenvalue weighted by Gasteiger charge is 2.66. The molecule has 0 bridgehead atoms. The van der Waals surface area contributed by atoms with E-state index in [2.05, 4.69) is 37.5 Å². The second kappa shape index (κ2) is 12.7. The summed E-state index contributed by atoms with van der Waals surface area (Å²) < 4.78 is 12.4. The van der Waals surface area contributed by atoms with E-state index in [-0.39, 0.29) is 42.5 Å². The molecular weight excluding hydrogens is 616 g/mol. The monoisotopic (exact) mass is 654 g/mol. The zero-order valence-corrected chi connectivity index (χ0v) is 28.3. The van der Waals surface area contributed by atoms with E-state index in [1.165, 1.54) is 5.19 Å². The van der Waals surface area contributed by atoms with Crippen LogP contribution in [0.4, 0.5) is 11.4 Å². The number of hydrogen-bond donors (Lipinski definition) is 2. The van der Waals surface area contributed by atoms with Crippen LogP contribution in [-0.2, 0) is 21.7 Å². The van der Waals surface area contributed by atoms with Crippen LogP contribution < -0.4 is 20.1 Å². The number of nitrogens with one attached hydrogen (secondary N) is 1. The van der Waals surface area contributed by atoms with Crippen LogP contribution in [0.2, 0.25) is 23.7 Å². The van der Waals surface area contributed by atoms with Gasteiger partial charge in [-0.2, -0.15) is 0 Å². The topological polar surface area (TPSA) is 88.1 Å². The second-order valence-corrected chi connectivity index (χ2v) is 17.9. The molecule has 7 nitrogen and oxygen atoms in total. The van der Waals surface area contributed by atoms with Gasteiger partial charge in [-0.15, -0.1) is 0 Å². The van der Waals surface area contributed by atoms with Crippen LogP contribution in [0, 0.1) is 5.92 Å². The maximum absolute atomic E-state index is 14.8. The number of anilines is 2. The zero-order chi connectivity index (χ0) is 32.6. The van der Waals surface area contributed by atoms with Gasteiger partial charge in [-0.05, 0) is 72.1 Å². The van der Waals surface area contributed by atoms with Crippen molar-refractivity contribution in [1.82, 2.24) is 0 Å². The number of amides is 2. The third kappa shape index (κ3) is 5.53. The van der Waals surface area contributed by atoms with Crippen molar-refractivity contribution in [3.05, 3.63) is 119 Å². The van der Waals surface area contributed by atoms with Crippen molar-refractivity contribution in [2.75, 3.05) is 23.9 Å². The molecule has 9 heteroatoms. The molecule has 4 aromatic rings. The first-order chi connectivity index (χ1) is 22.1. The number of hydrogen-bond acceptors (Lipinski definition) is 5. The molecule has 2 N–H and O–H groups in total. The maximum Gasteiger partial charge on any atom is 0.264 e. The number of carbonyl (C=O) groups excluding carboxylic acids is 2. The average Bonchev–Trinajstić information content (AvgIpc) is 3.48. The summed E-state index contributed by atoms with van der Waals surface area (Å²) in [6.45, 7) is 6.99. The number of carbonyl (C=O) groups is 2. The first-order valence-corrected chi connectivity index (χ1v) is 19.1. The minimum absolute atomic E-state index is 0.0281. The van der Waals surface area contributed by atoms with E-state index in [0.717, 1.165) is 22.6 Å². The number of fused-ring (bicyclic) bond motifs is 2. The predicted molar refractivity (Wildman–Crippen MR) is 185 cm³/mol. The van der Waals surface area contributed by atoms with Crippen LogP contribution in [0.3, 0.4) is 0 Å². The van der Waals surface area contributed by atoms with Crippen molar-refractivity contribution in [3.8, 4) is 5.75 Å². The third-order valence-electron chi connectivity index (χ3n) is 9.77. The van der Waals surface area contributed by atoms with Crippen molar-refractivity contribution in [1.29, 1.82) is 0 Å². The molecule has 0 unspecified atom stereocenters. The van der Waals surface area contributed by atoms with Crippen molar-refractivity contribution in [2.45, 2.75) is 50.2 Å². The molecule has 4 atom stereocenters. The number of rotatable bonds is 9. The lowest BCUT2D eigenvalue weighted by Crippen LogP contribution is -2.51. The summed E-state index contributed by atoms with van der Waals surface area (Å²) in [6, 6.07) is 30.4. The molecule has 2 amide bonds. The van der Waals surface area contributed by atoms with E-state index >= 15 is 0 Å². The number of aliphatic hydroxyl groups excluding tert-OH is 1. The fraction of sp³-hybridized carbons (Fsp3) is 0.297. The Balaban J connectivity index is 1.35. The van der Waals surface area contributed by atoms with Gasteiger partial charge < -0.3 is 24.8 Å². The van der Waals surface area contributed by atoms with Crippen LogP contribution in [0.5, 0.6) is 5.75 Å². The van der Waals surface area contributed by atoms with Crippen molar-refractivity contribution in [2.24, 2.45) is 5.92 Å². The molecule has 0 radical (unpaired) electrons. The quantitative estimate of drug-likeness (QED) is 0.195. The van der Waals surface area contributed by atoms with Gasteiger partial charge >= 0.3 is 0 Å². The average molecular weight is 655 g/mol. The second-order valence-electron chi connectivity index (χ2n) is 12.7. The van der Waals surface area contributed by atoms with E-state index in [0.29, 0.717) is 22.7 Å². The van der Waals surface area contributed by atoms with Gasteiger partial charge in [0.2, 0.25) is 0 Å². The third-order valence-corrected chi connectivity index (χ3v) is 14.4. The molecule has 238 valence electrons. The predicted octanol–water partition coefficient (Wildman–Crippen LogP) is 6.75. The highest BCUT2D eigenvalue weighted by Crippen LogP contribution is 2.60. The zero-order valence-electron chi connectivity index (χ0n) is 26.5. The van der Waals surface area contributed by atoms with E-state index in [4.69, 9.17) is 21.1 Å². The minimum Gasteiger partial charge on any atom is -0.497 e. The Kier molecular flexibility index (Phi) is 8.82. The molecule has 2 aliphatic rings. The Bertz CT molecular complexity index is 1750. The Morgan fingerprint density at radius 2 is 1.76 bits per heavy atom. The van der Waals surface area contributed by atoms with Gasteiger partial charge in [0.25, 0.3) is 11.8 Å². The molecule has 0 aromatic heterocycles. The molecular formula is C37H39ClN2O5Si. The standard InChI is InChI=1S/C37H39ClN2O5Si/c1-24-34(46(3,4)30-16-14-29(44-2)15-17-30)33(19-20-41)45-37(24)31-22-27(38)13-18-32(31)40(36(37)43)23-25-9-8-12-28(21-25)39-35(42)26-10-6-5-7-11-26/h5-18,21-22,24,33-34,41H,19-20,23H2,1-4H3,(H,39,42)/t24-,33+,34-,37+/m1/s1. The molecule has 0 saturated carbocycles. The van der Waals surface area contributed by atoms with E-state index in [1.807, 2.05) is 66.7 Å². The normalized spacial score (nSPS) is 22.3. The number of aliphatic hydroxyl groups is 1. The van der Waals surface area contributed by atoms with Crippen LogP contribution in [0.25, 0.3) is 0 Å². The SMILES string of the molecule is COc1ccc([Si](C)(C)[C@H]2[C@H](CCO)O[C@@]3(C(=O)N(Cc4cccc(NC(=O)c5ccccc5)c4)c4ccc(Cl)cc43)[C@@H]2C)cc1. The van der Waals surface area contributed by atoms with Gasteiger partial charge in [0.15, 0.2) is 5.60 Å². The molecule has 1 fully saturated rings. The fourth-order valence-electron chi connectivity index (χ4n) is 7.56. The summed E-state index contributed by atoms with van der Waals surface area (Å²) >= 11 is 6.59. The van der Waals surface area contributed by atoms with Gasteiger partial charge in [-0.3, -0.25) is 9.59 Å². The lowest BCUT2D eigenvalue weighted by molar-refractivity contribution is -0.146. The molecule has 2 aliphatic heterocycles. The smallest absolute Gasteiger partial charge is 0.264 e. The van der Waals surface area contributed by atoms with Crippen molar-refractivity contribution < 1.29 is 24.2 Å². The summed E-state index contributed by atoms with van der Waals surface area (Å²) in [7, 11) is -0.631. The molecule has 1 spiro atoms. The number of benzene rings is 4. The molecule has 46 heavy (non-hydrogen) atoms. The Morgan fingerprint density at radius 1 is 1.02 bits per heavy atom. The molecule has 1 saturated heterocycles. The number of ether oxygens (including phenoxy) is 2. The summed E-state index contributed by atoms with van der Waals surface area (Å²) in [5, 5.41) is 14.9. The summed E-state index contributed by atoms with van der Waals surface area (Å²) in [5.74, 6) is 0.258. The molecule has 4 aromatic carbocycles. The first-order valence-electron chi connectivity index (χ1n) is 15.6. The minimum atomic E-state index is -2.29. The van der Waals surface area contributed by atoms with Gasteiger partial charge in [0.05, 0.1) is 33.5 Å². The molecule has 6 rings (SSSR count). The number of nitrogens with zero attached hydrogens (tertiary/aromatic N) is 1. The van der Waals surface area contributed by atoms with Gasteiger partial charge in [-0.1, -0.05) is 79.3 Å². The number of methoxy groups -OCH3 is 1. The summed E-state index contributed by atoms with van der Waals surface area (Å²) in [5.41, 5.74) is 2.36. The largest absolute Gasteiger partial charge is 0.497 e. The summed E-state index contributed by atoms with van der Waals surface area (Å²) in [4.78, 5) is 29.4. The van der Waals surface area contributed by atoms with Crippen LogP contribution in [-0.4, -0.2) is 44.8 Å². The van der Waals surface area contributed by atoms with E-state index in [9.17, 15) is 14.7 Å². The van der Waals surface area contributed by atoms with Crippen molar-refractivity contribution in [3.63, 3.8) is 0 Å². The van der Waals surface area contributed by atoms with Crippen LogP contribution >= 0.6 is 11.6 Å². The Morgan fingerprint density at radius 3 is 2.46 bits per heavy atom. The highest BCUT2D eigenvalue weighted by molar-refractivity contribution is 6.91. The van der Waals surface area contributed by atoms with Gasteiger partial charge in [0, 0.05) is 34.4 Å². The van der Waals surface area contributed by atoms with Crippen LogP contribution in [0.15, 0.2) is 97.1 Å². The van der Waals surface area contributed by atoms with E-state index in [1.54, 1.807) is 30.2 Å². The lowest BCUT2D eigenvalue weighted by atomic mass is 9.82. The Hall–Kier alpha value is -3.95. The Labute approximate surface area is 276 Å². The maximum atomic E-state index is 14.8.